The average molecular weight is 252 g/mol. The number of rotatable bonds is 3. The number of amides is 1. The molecule has 18 heavy (non-hydrogen) atoms. The fourth-order valence-corrected chi connectivity index (χ4v) is 1.92. The van der Waals surface area contributed by atoms with Gasteiger partial charge in [0, 0.05) is 25.2 Å². The highest BCUT2D eigenvalue weighted by Crippen LogP contribution is 2.26. The molecule has 0 bridgehead atoms. The third kappa shape index (κ3) is 2.18. The fourth-order valence-electron chi connectivity index (χ4n) is 1.92. The van der Waals surface area contributed by atoms with E-state index in [4.69, 9.17) is 5.11 Å². The molecule has 1 N–H and O–H groups in total. The third-order valence-corrected chi connectivity index (χ3v) is 3.30. The quantitative estimate of drug-likeness (QED) is 0.871. The fraction of sp³-hybridized carbons (Fsp3) is 0.417. The number of likely N-dealkylation sites (tertiary alicyclic amines) is 1. The van der Waals surface area contributed by atoms with Gasteiger partial charge in [0.15, 0.2) is 5.82 Å². The molecule has 1 unspecified atom stereocenters. The number of carbonyl (C=O) groups excluding carboxylic acids is 1. The highest BCUT2D eigenvalue weighted by molar-refractivity contribution is 5.95. The summed E-state index contributed by atoms with van der Waals surface area (Å²) in [6, 6.07) is 1.33. The molecule has 0 aromatic carbocycles. The molecular weight excluding hydrogens is 239 g/mol. The first-order valence-electron chi connectivity index (χ1n) is 5.62. The molecule has 1 fully saturated rings. The van der Waals surface area contributed by atoms with Crippen molar-refractivity contribution in [3.05, 3.63) is 29.8 Å². The Kier molecular flexibility index (Phi) is 3.27. The zero-order chi connectivity index (χ0) is 13.3. The van der Waals surface area contributed by atoms with E-state index in [1.807, 2.05) is 0 Å². The molecule has 96 valence electrons. The van der Waals surface area contributed by atoms with Crippen molar-refractivity contribution < 1.29 is 19.1 Å². The topological polar surface area (TPSA) is 70.5 Å². The van der Waals surface area contributed by atoms with E-state index in [1.54, 1.807) is 6.92 Å². The summed E-state index contributed by atoms with van der Waals surface area (Å²) in [4.78, 5) is 27.7. The second-order valence-electron chi connectivity index (χ2n) is 4.45. The number of carboxylic acid groups (broad SMARTS) is 1. The predicted molar refractivity (Wildman–Crippen MR) is 60.4 cm³/mol. The minimum Gasteiger partial charge on any atom is -0.481 e. The van der Waals surface area contributed by atoms with Crippen molar-refractivity contribution in [1.82, 2.24) is 9.88 Å². The van der Waals surface area contributed by atoms with Gasteiger partial charge >= 0.3 is 5.97 Å². The SMILES string of the molecule is CC(C(=O)O)C1CN(C(=O)c2ccncc2F)C1. The van der Waals surface area contributed by atoms with Gasteiger partial charge in [0.2, 0.25) is 0 Å². The summed E-state index contributed by atoms with van der Waals surface area (Å²) < 4.78 is 13.3. The number of carboxylic acids is 1. The van der Waals surface area contributed by atoms with Crippen LogP contribution >= 0.6 is 0 Å². The number of pyridine rings is 1. The van der Waals surface area contributed by atoms with Crippen LogP contribution in [0.25, 0.3) is 0 Å². The predicted octanol–water partition coefficient (Wildman–Crippen LogP) is 1.01. The van der Waals surface area contributed by atoms with Crippen LogP contribution in [0.3, 0.4) is 0 Å². The zero-order valence-electron chi connectivity index (χ0n) is 9.84. The Morgan fingerprint density at radius 2 is 2.22 bits per heavy atom. The van der Waals surface area contributed by atoms with Crippen molar-refractivity contribution in [2.24, 2.45) is 11.8 Å². The molecule has 2 heterocycles. The highest BCUT2D eigenvalue weighted by atomic mass is 19.1. The molecule has 1 aromatic rings. The lowest BCUT2D eigenvalue weighted by atomic mass is 9.86. The molecule has 5 nitrogen and oxygen atoms in total. The van der Waals surface area contributed by atoms with E-state index in [0.717, 1.165) is 6.20 Å². The number of carbonyl (C=O) groups is 2. The monoisotopic (exact) mass is 252 g/mol. The maximum Gasteiger partial charge on any atom is 0.306 e. The van der Waals surface area contributed by atoms with Crippen LogP contribution in [0.1, 0.15) is 17.3 Å². The van der Waals surface area contributed by atoms with E-state index in [1.165, 1.54) is 17.2 Å². The van der Waals surface area contributed by atoms with Crippen LogP contribution in [0.5, 0.6) is 0 Å². The summed E-state index contributed by atoms with van der Waals surface area (Å²) in [6.45, 7) is 2.32. The van der Waals surface area contributed by atoms with Crippen molar-refractivity contribution in [3.8, 4) is 0 Å². The summed E-state index contributed by atoms with van der Waals surface area (Å²) in [5, 5.41) is 8.83. The summed E-state index contributed by atoms with van der Waals surface area (Å²) in [7, 11) is 0. The summed E-state index contributed by atoms with van der Waals surface area (Å²) in [6.07, 6.45) is 2.35. The average Bonchev–Trinajstić information content (AvgIpc) is 2.27. The summed E-state index contributed by atoms with van der Waals surface area (Å²) in [5.41, 5.74) is -0.0218. The number of halogens is 1. The molecule has 2 rings (SSSR count). The molecule has 6 heteroatoms. The number of hydrogen-bond acceptors (Lipinski definition) is 3. The van der Waals surface area contributed by atoms with Crippen LogP contribution in [-0.2, 0) is 4.79 Å². The molecule has 1 aliphatic rings. The minimum atomic E-state index is -0.873. The van der Waals surface area contributed by atoms with Gasteiger partial charge in [0.1, 0.15) is 0 Å². The maximum atomic E-state index is 13.3. The molecule has 0 spiro atoms. The Balaban J connectivity index is 1.99. The number of hydrogen-bond donors (Lipinski definition) is 1. The van der Waals surface area contributed by atoms with Crippen LogP contribution < -0.4 is 0 Å². The van der Waals surface area contributed by atoms with Crippen molar-refractivity contribution in [2.45, 2.75) is 6.92 Å². The van der Waals surface area contributed by atoms with Crippen molar-refractivity contribution in [1.29, 1.82) is 0 Å². The second kappa shape index (κ2) is 4.72. The van der Waals surface area contributed by atoms with E-state index < -0.39 is 23.6 Å². The summed E-state index contributed by atoms with van der Waals surface area (Å²) in [5.74, 6) is -2.49. The molecular formula is C12H13FN2O3. The van der Waals surface area contributed by atoms with E-state index in [-0.39, 0.29) is 11.5 Å². The first kappa shape index (κ1) is 12.5. The lowest BCUT2D eigenvalue weighted by Crippen LogP contribution is -2.53. The highest BCUT2D eigenvalue weighted by Gasteiger charge is 2.37. The molecule has 1 amide bonds. The van der Waals surface area contributed by atoms with E-state index in [0.29, 0.717) is 13.1 Å². The first-order valence-corrected chi connectivity index (χ1v) is 5.62. The van der Waals surface area contributed by atoms with Gasteiger partial charge < -0.3 is 10.0 Å². The molecule has 1 aliphatic heterocycles. The van der Waals surface area contributed by atoms with Gasteiger partial charge in [-0.2, -0.15) is 0 Å². The Labute approximate surface area is 103 Å². The largest absolute Gasteiger partial charge is 0.481 e. The zero-order valence-corrected chi connectivity index (χ0v) is 9.84. The lowest BCUT2D eigenvalue weighted by Gasteiger charge is -2.41. The smallest absolute Gasteiger partial charge is 0.306 e. The van der Waals surface area contributed by atoms with Crippen molar-refractivity contribution >= 4 is 11.9 Å². The third-order valence-electron chi connectivity index (χ3n) is 3.30. The van der Waals surface area contributed by atoms with Gasteiger partial charge in [-0.05, 0) is 6.07 Å². The van der Waals surface area contributed by atoms with E-state index in [2.05, 4.69) is 4.98 Å². The number of aliphatic carboxylic acids is 1. The maximum absolute atomic E-state index is 13.3. The van der Waals surface area contributed by atoms with Gasteiger partial charge in [-0.25, -0.2) is 4.39 Å². The standard InChI is InChI=1S/C12H13FN2O3/c1-7(12(17)18)8-5-15(6-8)11(16)9-2-3-14-4-10(9)13/h2-4,7-8H,5-6H2,1H3,(H,17,18). The van der Waals surface area contributed by atoms with Crippen LogP contribution in [-0.4, -0.2) is 40.0 Å². The molecule has 1 atom stereocenters. The number of aromatic nitrogens is 1. The molecule has 0 aliphatic carbocycles. The Morgan fingerprint density at radius 3 is 2.78 bits per heavy atom. The molecule has 1 saturated heterocycles. The van der Waals surface area contributed by atoms with E-state index in [9.17, 15) is 14.0 Å². The second-order valence-corrected chi connectivity index (χ2v) is 4.45. The minimum absolute atomic E-state index is 0.0218. The van der Waals surface area contributed by atoms with Gasteiger partial charge in [0.05, 0.1) is 17.7 Å². The van der Waals surface area contributed by atoms with Gasteiger partial charge in [0.25, 0.3) is 5.91 Å². The Hall–Kier alpha value is -1.98. The van der Waals surface area contributed by atoms with E-state index >= 15 is 0 Å². The Bertz CT molecular complexity index is 486. The van der Waals surface area contributed by atoms with Gasteiger partial charge in [-0.1, -0.05) is 6.92 Å². The van der Waals surface area contributed by atoms with Crippen molar-refractivity contribution in [2.75, 3.05) is 13.1 Å². The molecule has 0 saturated carbocycles. The van der Waals surface area contributed by atoms with Gasteiger partial charge in [-0.15, -0.1) is 0 Å². The van der Waals surface area contributed by atoms with Crippen LogP contribution in [0.2, 0.25) is 0 Å². The van der Waals surface area contributed by atoms with Crippen LogP contribution in [0.15, 0.2) is 18.5 Å². The number of nitrogens with zero attached hydrogens (tertiary/aromatic N) is 2. The first-order chi connectivity index (χ1) is 8.50. The molecule has 1 aromatic heterocycles. The van der Waals surface area contributed by atoms with Crippen LogP contribution in [0.4, 0.5) is 4.39 Å². The van der Waals surface area contributed by atoms with Crippen LogP contribution in [0, 0.1) is 17.7 Å². The lowest BCUT2D eigenvalue weighted by molar-refractivity contribution is -0.144. The Morgan fingerprint density at radius 1 is 1.56 bits per heavy atom. The van der Waals surface area contributed by atoms with Gasteiger partial charge in [-0.3, -0.25) is 14.6 Å². The van der Waals surface area contributed by atoms with Crippen molar-refractivity contribution in [3.63, 3.8) is 0 Å². The normalized spacial score (nSPS) is 17.1. The summed E-state index contributed by atoms with van der Waals surface area (Å²) >= 11 is 0. The molecule has 0 radical (unpaired) electrons.